The Bertz CT molecular complexity index is 2600. The first-order valence-electron chi connectivity index (χ1n) is 18.4. The van der Waals surface area contributed by atoms with Crippen LogP contribution in [0.1, 0.15) is 34.4 Å². The lowest BCUT2D eigenvalue weighted by Gasteiger charge is -2.25. The highest BCUT2D eigenvalue weighted by Gasteiger charge is 2.39. The summed E-state index contributed by atoms with van der Waals surface area (Å²) in [5, 5.41) is 12.4. The van der Waals surface area contributed by atoms with Gasteiger partial charge in [-0.1, -0.05) is 82.9 Å². The highest BCUT2D eigenvalue weighted by molar-refractivity contribution is 6.39. The molecule has 0 saturated heterocycles. The number of H-pyrrole nitrogens is 1. The quantitative estimate of drug-likeness (QED) is 0.134. The fourth-order valence-corrected chi connectivity index (χ4v) is 7.64. The Morgan fingerprint density at radius 1 is 0.611 bits per heavy atom. The number of benzene rings is 5. The van der Waals surface area contributed by atoms with Gasteiger partial charge in [0.2, 0.25) is 22.9 Å². The average molecular weight is 703 g/mol. The molecule has 0 fully saturated rings. The molecule has 54 heavy (non-hydrogen) atoms. The van der Waals surface area contributed by atoms with Crippen LogP contribution in [0.2, 0.25) is 0 Å². The van der Waals surface area contributed by atoms with Crippen LogP contribution >= 0.6 is 0 Å². The molecular weight excluding hydrogens is 663 g/mol. The van der Waals surface area contributed by atoms with Gasteiger partial charge in [0.05, 0.1) is 16.8 Å². The van der Waals surface area contributed by atoms with E-state index in [4.69, 9.17) is 0 Å². The summed E-state index contributed by atoms with van der Waals surface area (Å²) in [6.45, 7) is 8.37. The lowest BCUT2D eigenvalue weighted by atomic mass is 9.82. The van der Waals surface area contributed by atoms with Gasteiger partial charge in [-0.05, 0) is 99.4 Å². The molecule has 0 unspecified atom stereocenters. The van der Waals surface area contributed by atoms with E-state index in [0.29, 0.717) is 23.3 Å². The number of aliphatic hydroxyl groups excluding tert-OH is 1. The van der Waals surface area contributed by atoms with Crippen molar-refractivity contribution in [3.8, 4) is 0 Å². The third-order valence-electron chi connectivity index (χ3n) is 10.6. The number of aromatic nitrogens is 1. The summed E-state index contributed by atoms with van der Waals surface area (Å²) in [4.78, 5) is 19.5. The third kappa shape index (κ3) is 5.84. The van der Waals surface area contributed by atoms with Crippen molar-refractivity contribution in [2.75, 3.05) is 4.90 Å². The van der Waals surface area contributed by atoms with Gasteiger partial charge >= 0.3 is 0 Å². The number of hydrogen-bond donors (Lipinski definition) is 2. The number of carbonyl (C=O) groups excluding carboxylic acids is 1. The van der Waals surface area contributed by atoms with Crippen LogP contribution in [0.5, 0.6) is 0 Å². The van der Waals surface area contributed by atoms with E-state index in [9.17, 15) is 9.90 Å². The summed E-state index contributed by atoms with van der Waals surface area (Å²) in [7, 11) is 0. The van der Waals surface area contributed by atoms with Crippen LogP contribution in [0, 0.1) is 27.7 Å². The van der Waals surface area contributed by atoms with Crippen LogP contribution in [0.4, 0.5) is 28.4 Å². The Hall–Kier alpha value is -6.72. The summed E-state index contributed by atoms with van der Waals surface area (Å²) < 4.78 is 2.26. The molecule has 0 amide bonds. The fourth-order valence-electron chi connectivity index (χ4n) is 7.64. The Balaban J connectivity index is 1.04. The Labute approximate surface area is 315 Å². The molecule has 5 nitrogen and oxygen atoms in total. The second-order valence-electron chi connectivity index (χ2n) is 14.6. The monoisotopic (exact) mass is 702 g/mol. The number of ketones is 1. The fraction of sp³-hybridized carbons (Fsp3) is 0.102. The van der Waals surface area contributed by atoms with Crippen molar-refractivity contribution in [2.45, 2.75) is 34.1 Å². The second kappa shape index (κ2) is 13.0. The smallest absolute Gasteiger partial charge is 0.212 e. The molecule has 0 aliphatic heterocycles. The number of allylic oxidation sites excluding steroid dienone is 9. The molecule has 6 aromatic rings. The first-order chi connectivity index (χ1) is 26.2. The lowest BCUT2D eigenvalue weighted by Crippen LogP contribution is -2.22. The van der Waals surface area contributed by atoms with Crippen LogP contribution in [0.3, 0.4) is 0 Å². The van der Waals surface area contributed by atoms with Gasteiger partial charge in [0.25, 0.3) is 0 Å². The summed E-state index contributed by atoms with van der Waals surface area (Å²) in [5.74, 6) is -0.0895. The van der Waals surface area contributed by atoms with Gasteiger partial charge in [-0.15, -0.1) is 0 Å². The van der Waals surface area contributed by atoms with Crippen molar-refractivity contribution < 1.29 is 9.90 Å². The van der Waals surface area contributed by atoms with Gasteiger partial charge in [0, 0.05) is 64.4 Å². The standard InChI is InChI=1S/C49H39N3O2/c1-30-5-15-38(16-6-30)51(39-17-7-31(2)8-18-39)42-23-13-34-25-37(26-36(34)27-42)46-48(53)47(49(46)54)45-28-35-14-24-43(29-44(35)50-45)52(40-19-9-32(3)10-20-40)41-21-11-33(4)12-22-41/h5-25,27-29H,26H2,1-4H3,(H,53,54)/p+1. The Morgan fingerprint density at radius 3 is 1.70 bits per heavy atom. The molecule has 3 aliphatic carbocycles. The Morgan fingerprint density at radius 2 is 1.15 bits per heavy atom. The van der Waals surface area contributed by atoms with Gasteiger partial charge in [0.1, 0.15) is 5.76 Å². The van der Waals surface area contributed by atoms with Crippen LogP contribution in [0.15, 0.2) is 174 Å². The van der Waals surface area contributed by atoms with Gasteiger partial charge in [-0.2, -0.15) is 4.58 Å². The highest BCUT2D eigenvalue weighted by atomic mass is 16.3. The maximum atomic E-state index is 13.9. The molecule has 0 atom stereocenters. The van der Waals surface area contributed by atoms with Crippen molar-refractivity contribution in [1.82, 2.24) is 9.56 Å². The highest BCUT2D eigenvalue weighted by Crippen LogP contribution is 2.44. The molecule has 5 aromatic carbocycles. The molecule has 1 heterocycles. The van der Waals surface area contributed by atoms with Crippen molar-refractivity contribution in [3.05, 3.63) is 202 Å². The van der Waals surface area contributed by atoms with Gasteiger partial charge in [0.15, 0.2) is 0 Å². The van der Waals surface area contributed by atoms with Gasteiger partial charge in [-0.25, -0.2) is 0 Å². The van der Waals surface area contributed by atoms with Crippen LogP contribution in [0.25, 0.3) is 16.5 Å². The minimum atomic E-state index is -0.138. The van der Waals surface area contributed by atoms with E-state index in [1.54, 1.807) is 0 Å². The topological polar surface area (TPSA) is 59.3 Å². The van der Waals surface area contributed by atoms with Crippen molar-refractivity contribution in [1.29, 1.82) is 0 Å². The Kier molecular flexibility index (Phi) is 8.01. The number of carbonyl (C=O) groups is 1. The summed E-state index contributed by atoms with van der Waals surface area (Å²) >= 11 is 0. The number of fused-ring (bicyclic) bond motifs is 2. The molecule has 262 valence electrons. The SMILES string of the molecule is Cc1ccc(N(c2ccc(C)cc2)c2ccc3cc(C4=C(O)C(=C5C=C6C=CC(=[N+](c7ccc(C)cc7)c7ccc(C)cc7)C=C6C5)C4=O)[nH]c3c2)cc1. The van der Waals surface area contributed by atoms with E-state index in [1.807, 2.05) is 12.1 Å². The molecule has 2 N–H and O–H groups in total. The van der Waals surface area contributed by atoms with Gasteiger partial charge in [-0.3, -0.25) is 4.79 Å². The summed E-state index contributed by atoms with van der Waals surface area (Å²) in [6, 6.07) is 42.4. The number of aliphatic hydroxyl groups is 1. The van der Waals surface area contributed by atoms with Crippen molar-refractivity contribution >= 4 is 56.4 Å². The molecule has 3 aliphatic rings. The van der Waals surface area contributed by atoms with E-state index < -0.39 is 0 Å². The predicted molar refractivity (Wildman–Crippen MR) is 223 cm³/mol. The minimum Gasteiger partial charge on any atom is -0.506 e. The largest absolute Gasteiger partial charge is 0.506 e. The number of rotatable bonds is 6. The molecule has 0 spiro atoms. The number of Topliss-reactive ketones (excluding diaryl/α,β-unsaturated/α-hetero) is 1. The van der Waals surface area contributed by atoms with Crippen LogP contribution < -0.4 is 9.48 Å². The third-order valence-corrected chi connectivity index (χ3v) is 10.6. The number of nitrogens with one attached hydrogen (secondary N) is 1. The van der Waals surface area contributed by atoms with Crippen LogP contribution in [-0.2, 0) is 4.79 Å². The zero-order chi connectivity index (χ0) is 37.1. The number of anilines is 3. The van der Waals surface area contributed by atoms with Crippen molar-refractivity contribution in [3.63, 3.8) is 0 Å². The zero-order valence-corrected chi connectivity index (χ0v) is 30.8. The maximum Gasteiger partial charge on any atom is 0.212 e. The summed E-state index contributed by atoms with van der Waals surface area (Å²) in [5.41, 5.74) is 16.4. The number of aromatic amines is 1. The van der Waals surface area contributed by atoms with E-state index in [-0.39, 0.29) is 11.5 Å². The summed E-state index contributed by atoms with van der Waals surface area (Å²) in [6.07, 6.45) is 9.06. The first-order valence-corrected chi connectivity index (χ1v) is 18.4. The van der Waals surface area contributed by atoms with Gasteiger partial charge < -0.3 is 15.0 Å². The van der Waals surface area contributed by atoms with E-state index in [0.717, 1.165) is 61.8 Å². The van der Waals surface area contributed by atoms with E-state index in [1.165, 1.54) is 22.3 Å². The molecule has 1 aromatic heterocycles. The number of aryl methyl sites for hydroxylation is 4. The zero-order valence-electron chi connectivity index (χ0n) is 30.8. The first kappa shape index (κ1) is 33.1. The molecule has 5 heteroatoms. The minimum absolute atomic E-state index is 0.0490. The van der Waals surface area contributed by atoms with Crippen LogP contribution in [-0.4, -0.2) is 21.6 Å². The molecule has 9 rings (SSSR count). The number of nitrogens with zero attached hydrogens (tertiary/aromatic N) is 2. The second-order valence-corrected chi connectivity index (χ2v) is 14.6. The molecule has 0 bridgehead atoms. The average Bonchev–Trinajstić information content (AvgIpc) is 3.78. The van der Waals surface area contributed by atoms with Crippen molar-refractivity contribution in [2.24, 2.45) is 0 Å². The molecule has 0 saturated carbocycles. The lowest BCUT2D eigenvalue weighted by molar-refractivity contribution is -0.111. The number of hydrogen-bond acceptors (Lipinski definition) is 3. The molecule has 0 radical (unpaired) electrons. The maximum absolute atomic E-state index is 13.9. The molecular formula is C49H40N3O2+. The van der Waals surface area contributed by atoms with E-state index in [2.05, 4.69) is 176 Å². The normalized spacial score (nSPS) is 16.4. The van der Waals surface area contributed by atoms with E-state index >= 15 is 0 Å². The predicted octanol–water partition coefficient (Wildman–Crippen LogP) is 11.8.